The summed E-state index contributed by atoms with van der Waals surface area (Å²) in [5.41, 5.74) is 1.12. The lowest BCUT2D eigenvalue weighted by atomic mass is 10.1. The summed E-state index contributed by atoms with van der Waals surface area (Å²) in [4.78, 5) is 11.5. The predicted octanol–water partition coefficient (Wildman–Crippen LogP) is 2.76. The third-order valence-corrected chi connectivity index (χ3v) is 2.89. The Bertz CT molecular complexity index is 704. The number of rotatable bonds is 3. The highest BCUT2D eigenvalue weighted by Crippen LogP contribution is 2.25. The van der Waals surface area contributed by atoms with Gasteiger partial charge in [0.2, 0.25) is 0 Å². The Balaban J connectivity index is 2.33. The fraction of sp³-hybridized carbons (Fsp3) is 0.0625. The first-order valence-electron chi connectivity index (χ1n) is 6.12. The predicted molar refractivity (Wildman–Crippen MR) is 78.1 cm³/mol. The van der Waals surface area contributed by atoms with Crippen molar-refractivity contribution < 1.29 is 24.9 Å². The Morgan fingerprint density at radius 1 is 1.00 bits per heavy atom. The molecule has 0 spiro atoms. The number of carbonyl (C=O) groups is 1. The monoisotopic (exact) mass is 286 g/mol. The zero-order valence-electron chi connectivity index (χ0n) is 11.3. The van der Waals surface area contributed by atoms with E-state index in [1.165, 1.54) is 37.4 Å². The van der Waals surface area contributed by atoms with Crippen LogP contribution in [0, 0.1) is 0 Å². The van der Waals surface area contributed by atoms with Crippen molar-refractivity contribution in [2.75, 3.05) is 7.11 Å². The highest BCUT2D eigenvalue weighted by molar-refractivity contribution is 5.93. The van der Waals surface area contributed by atoms with Crippen molar-refractivity contribution in [2.45, 2.75) is 0 Å². The van der Waals surface area contributed by atoms with Gasteiger partial charge in [0.25, 0.3) is 0 Å². The molecule has 0 aliphatic rings. The number of methoxy groups -OCH3 is 1. The average molecular weight is 286 g/mol. The first-order chi connectivity index (χ1) is 10.0. The van der Waals surface area contributed by atoms with Gasteiger partial charge >= 0.3 is 5.97 Å². The van der Waals surface area contributed by atoms with E-state index in [9.17, 15) is 20.1 Å². The second kappa shape index (κ2) is 6.00. The van der Waals surface area contributed by atoms with E-state index >= 15 is 0 Å². The molecular formula is C16H14O5. The van der Waals surface area contributed by atoms with E-state index in [2.05, 4.69) is 4.74 Å². The molecule has 2 aromatic carbocycles. The van der Waals surface area contributed by atoms with Crippen LogP contribution in [-0.4, -0.2) is 28.4 Å². The Morgan fingerprint density at radius 2 is 1.71 bits per heavy atom. The van der Waals surface area contributed by atoms with Crippen molar-refractivity contribution >= 4 is 18.1 Å². The lowest BCUT2D eigenvalue weighted by molar-refractivity contribution is 0.0597. The molecule has 0 atom stereocenters. The molecule has 2 aromatic rings. The van der Waals surface area contributed by atoms with Gasteiger partial charge in [-0.3, -0.25) is 0 Å². The number of phenols is 3. The molecule has 0 saturated heterocycles. The molecule has 21 heavy (non-hydrogen) atoms. The van der Waals surface area contributed by atoms with Gasteiger partial charge in [0.15, 0.2) is 0 Å². The fourth-order valence-corrected chi connectivity index (χ4v) is 1.79. The Labute approximate surface area is 121 Å². The maximum atomic E-state index is 11.5. The minimum atomic E-state index is -0.636. The number of ether oxygens (including phenoxy) is 1. The van der Waals surface area contributed by atoms with Gasteiger partial charge < -0.3 is 20.1 Å². The van der Waals surface area contributed by atoms with E-state index in [0.29, 0.717) is 11.1 Å². The van der Waals surface area contributed by atoms with Crippen LogP contribution in [0.2, 0.25) is 0 Å². The molecule has 0 saturated carbocycles. The van der Waals surface area contributed by atoms with E-state index < -0.39 is 5.97 Å². The highest BCUT2D eigenvalue weighted by atomic mass is 16.5. The Kier molecular flexibility index (Phi) is 4.13. The SMILES string of the molecule is COC(=O)c1cc(/C=C\c2cc(O)ccc2O)ccc1O. The molecule has 5 heteroatoms. The largest absolute Gasteiger partial charge is 0.508 e. The third kappa shape index (κ3) is 3.33. The maximum absolute atomic E-state index is 11.5. The molecule has 0 aliphatic carbocycles. The number of esters is 1. The van der Waals surface area contributed by atoms with Crippen LogP contribution < -0.4 is 0 Å². The molecule has 0 heterocycles. The van der Waals surface area contributed by atoms with Crippen LogP contribution in [-0.2, 0) is 4.74 Å². The summed E-state index contributed by atoms with van der Waals surface area (Å²) in [5, 5.41) is 28.6. The molecular weight excluding hydrogens is 272 g/mol. The average Bonchev–Trinajstić information content (AvgIpc) is 2.48. The van der Waals surface area contributed by atoms with Gasteiger partial charge in [0.05, 0.1) is 7.11 Å². The molecule has 0 bridgehead atoms. The maximum Gasteiger partial charge on any atom is 0.341 e. The standard InChI is InChI=1S/C16H14O5/c1-21-16(20)13-8-10(3-6-15(13)19)2-4-11-9-12(17)5-7-14(11)18/h2-9,17-19H,1H3/b4-2-. The van der Waals surface area contributed by atoms with Crippen molar-refractivity contribution in [1.29, 1.82) is 0 Å². The molecule has 0 aromatic heterocycles. The van der Waals surface area contributed by atoms with Gasteiger partial charge in [0, 0.05) is 5.56 Å². The van der Waals surface area contributed by atoms with Crippen LogP contribution in [0.5, 0.6) is 17.2 Å². The van der Waals surface area contributed by atoms with Crippen molar-refractivity contribution in [2.24, 2.45) is 0 Å². The summed E-state index contributed by atoms with van der Waals surface area (Å²) >= 11 is 0. The minimum absolute atomic E-state index is 0.0241. The number of phenolic OH excluding ortho intramolecular Hbond substituents is 3. The number of carbonyl (C=O) groups excluding carboxylic acids is 1. The fourth-order valence-electron chi connectivity index (χ4n) is 1.79. The molecule has 3 N–H and O–H groups in total. The van der Waals surface area contributed by atoms with Gasteiger partial charge in [-0.2, -0.15) is 0 Å². The van der Waals surface area contributed by atoms with Crippen LogP contribution in [0.1, 0.15) is 21.5 Å². The Morgan fingerprint density at radius 3 is 2.43 bits per heavy atom. The van der Waals surface area contributed by atoms with E-state index in [1.807, 2.05) is 0 Å². The van der Waals surface area contributed by atoms with Crippen LogP contribution in [0.25, 0.3) is 12.2 Å². The van der Waals surface area contributed by atoms with E-state index in [-0.39, 0.29) is 22.8 Å². The topological polar surface area (TPSA) is 87.0 Å². The highest BCUT2D eigenvalue weighted by Gasteiger charge is 2.11. The summed E-state index contributed by atoms with van der Waals surface area (Å²) < 4.78 is 4.57. The number of hydrogen-bond donors (Lipinski definition) is 3. The number of aromatic hydroxyl groups is 3. The molecule has 2 rings (SSSR count). The summed E-state index contributed by atoms with van der Waals surface area (Å²) in [6.07, 6.45) is 3.23. The zero-order chi connectivity index (χ0) is 15.4. The zero-order valence-corrected chi connectivity index (χ0v) is 11.3. The number of benzene rings is 2. The second-order valence-electron chi connectivity index (χ2n) is 4.34. The lowest BCUT2D eigenvalue weighted by Crippen LogP contribution is -2.01. The minimum Gasteiger partial charge on any atom is -0.508 e. The first kappa shape index (κ1) is 14.5. The molecule has 0 unspecified atom stereocenters. The van der Waals surface area contributed by atoms with Crippen molar-refractivity contribution in [3.63, 3.8) is 0 Å². The quantitative estimate of drug-likeness (QED) is 0.459. The van der Waals surface area contributed by atoms with Gasteiger partial charge in [-0.15, -0.1) is 0 Å². The summed E-state index contributed by atoms with van der Waals surface area (Å²) in [6, 6.07) is 8.63. The molecule has 0 amide bonds. The van der Waals surface area contributed by atoms with E-state index in [0.717, 1.165) is 0 Å². The number of hydrogen-bond acceptors (Lipinski definition) is 5. The summed E-state index contributed by atoms with van der Waals surface area (Å²) in [6.45, 7) is 0. The lowest BCUT2D eigenvalue weighted by Gasteiger charge is -2.04. The molecule has 0 fully saturated rings. The molecule has 0 radical (unpaired) electrons. The van der Waals surface area contributed by atoms with E-state index in [4.69, 9.17) is 0 Å². The van der Waals surface area contributed by atoms with Crippen LogP contribution in [0.15, 0.2) is 36.4 Å². The van der Waals surface area contributed by atoms with Crippen molar-refractivity contribution in [1.82, 2.24) is 0 Å². The Hall–Kier alpha value is -2.95. The van der Waals surface area contributed by atoms with Gasteiger partial charge in [-0.05, 0) is 35.9 Å². The molecule has 5 nitrogen and oxygen atoms in total. The molecule has 108 valence electrons. The van der Waals surface area contributed by atoms with Crippen molar-refractivity contribution in [3.05, 3.63) is 53.1 Å². The van der Waals surface area contributed by atoms with Crippen LogP contribution in [0.3, 0.4) is 0 Å². The normalized spacial score (nSPS) is 10.7. The summed E-state index contributed by atoms with van der Waals surface area (Å²) in [7, 11) is 1.23. The second-order valence-corrected chi connectivity index (χ2v) is 4.34. The third-order valence-electron chi connectivity index (χ3n) is 2.89. The smallest absolute Gasteiger partial charge is 0.341 e. The van der Waals surface area contributed by atoms with E-state index in [1.54, 1.807) is 18.2 Å². The van der Waals surface area contributed by atoms with Gasteiger partial charge in [-0.25, -0.2) is 4.79 Å². The van der Waals surface area contributed by atoms with Gasteiger partial charge in [-0.1, -0.05) is 18.2 Å². The molecule has 0 aliphatic heterocycles. The van der Waals surface area contributed by atoms with Crippen molar-refractivity contribution in [3.8, 4) is 17.2 Å². The van der Waals surface area contributed by atoms with Crippen LogP contribution in [0.4, 0.5) is 0 Å². The van der Waals surface area contributed by atoms with Gasteiger partial charge in [0.1, 0.15) is 22.8 Å². The first-order valence-corrected chi connectivity index (χ1v) is 6.12. The summed E-state index contributed by atoms with van der Waals surface area (Å²) in [5.74, 6) is -0.744. The van der Waals surface area contributed by atoms with Crippen LogP contribution >= 0.6 is 0 Å².